The van der Waals surface area contributed by atoms with Gasteiger partial charge in [-0.3, -0.25) is 37.3 Å². The molecule has 0 aromatic rings. The van der Waals surface area contributed by atoms with E-state index in [1.807, 2.05) is 0 Å². The second-order valence-corrected chi connectivity index (χ2v) is 29.8. The lowest BCUT2D eigenvalue weighted by atomic mass is 9.99. The number of carbonyl (C=O) groups excluding carboxylic acids is 4. The molecule has 0 saturated heterocycles. The fourth-order valence-corrected chi connectivity index (χ4v) is 12.9. The molecular weight excluding hydrogens is 1220 g/mol. The molecule has 0 aliphatic carbocycles. The Bertz CT molecular complexity index is 1790. The molecule has 0 aliphatic rings. The van der Waals surface area contributed by atoms with Gasteiger partial charge < -0.3 is 33.8 Å². The fourth-order valence-electron chi connectivity index (χ4n) is 11.3. The lowest BCUT2D eigenvalue weighted by Gasteiger charge is -2.21. The van der Waals surface area contributed by atoms with Crippen molar-refractivity contribution in [2.75, 3.05) is 39.6 Å². The standard InChI is InChI=1S/C74H144O17P2/c1-6-10-13-16-19-22-24-26-28-29-30-31-32-34-36-38-44-49-54-59-73(78)90-70(64-85-72(77)58-53-48-43-37-35-33-27-25-23-20-17-14-11-7-2)66-89-93(82,83)87-62-68(75)61-86-92(80,81)88-65-69(63-84-71(76)57-52-47-42-21-18-15-12-8-3)91-74(79)60-55-50-45-40-39-41-46-51-56-67(5)9-4/h67-70,75H,6-66H2,1-5H3,(H,80,81)(H,82,83)/t67?,68-,69+,70+/m0/s1. The zero-order valence-corrected chi connectivity index (χ0v) is 62.2. The third-order valence-electron chi connectivity index (χ3n) is 17.6. The highest BCUT2D eigenvalue weighted by atomic mass is 31.2. The molecule has 17 nitrogen and oxygen atoms in total. The van der Waals surface area contributed by atoms with Crippen LogP contribution in [0.25, 0.3) is 0 Å². The van der Waals surface area contributed by atoms with Crippen molar-refractivity contribution in [2.24, 2.45) is 5.92 Å². The molecule has 0 fully saturated rings. The van der Waals surface area contributed by atoms with Gasteiger partial charge in [0.25, 0.3) is 0 Å². The Morgan fingerprint density at radius 3 is 0.763 bits per heavy atom. The van der Waals surface area contributed by atoms with Gasteiger partial charge in [-0.15, -0.1) is 0 Å². The molecule has 0 saturated carbocycles. The van der Waals surface area contributed by atoms with Crippen molar-refractivity contribution in [1.82, 2.24) is 0 Å². The van der Waals surface area contributed by atoms with E-state index in [9.17, 15) is 43.2 Å². The highest BCUT2D eigenvalue weighted by molar-refractivity contribution is 7.47. The quantitative estimate of drug-likeness (QED) is 0.0222. The Labute approximate surface area is 568 Å². The van der Waals surface area contributed by atoms with E-state index in [-0.39, 0.29) is 25.7 Å². The highest BCUT2D eigenvalue weighted by Crippen LogP contribution is 2.45. The van der Waals surface area contributed by atoms with Gasteiger partial charge in [-0.05, 0) is 31.6 Å². The molecule has 0 rings (SSSR count). The van der Waals surface area contributed by atoms with Crippen molar-refractivity contribution in [3.05, 3.63) is 0 Å². The minimum Gasteiger partial charge on any atom is -0.462 e. The number of carbonyl (C=O) groups is 4. The fraction of sp³-hybridized carbons (Fsp3) is 0.946. The minimum atomic E-state index is -4.95. The molecule has 0 heterocycles. The highest BCUT2D eigenvalue weighted by Gasteiger charge is 2.30. The van der Waals surface area contributed by atoms with Crippen LogP contribution in [0.5, 0.6) is 0 Å². The Kier molecular flexibility index (Phi) is 65.9. The average Bonchev–Trinajstić information content (AvgIpc) is 1.90. The van der Waals surface area contributed by atoms with Crippen molar-refractivity contribution in [3.63, 3.8) is 0 Å². The van der Waals surface area contributed by atoms with Crippen molar-refractivity contribution < 1.29 is 80.2 Å². The molecule has 0 aromatic heterocycles. The summed E-state index contributed by atoms with van der Waals surface area (Å²) in [5.74, 6) is -1.35. The lowest BCUT2D eigenvalue weighted by Crippen LogP contribution is -2.30. The Morgan fingerprint density at radius 2 is 0.516 bits per heavy atom. The van der Waals surface area contributed by atoms with Crippen LogP contribution in [0.3, 0.4) is 0 Å². The third-order valence-corrected chi connectivity index (χ3v) is 19.5. The van der Waals surface area contributed by atoms with Crippen LogP contribution in [0.1, 0.15) is 388 Å². The summed E-state index contributed by atoms with van der Waals surface area (Å²) < 4.78 is 68.4. The summed E-state index contributed by atoms with van der Waals surface area (Å²) in [5, 5.41) is 10.6. The van der Waals surface area contributed by atoms with E-state index in [0.29, 0.717) is 25.7 Å². The summed E-state index contributed by atoms with van der Waals surface area (Å²) in [5.41, 5.74) is 0. The number of phosphoric ester groups is 2. The Balaban J connectivity index is 5.20. The smallest absolute Gasteiger partial charge is 0.462 e. The summed E-state index contributed by atoms with van der Waals surface area (Å²) in [6.45, 7) is 7.25. The maximum atomic E-state index is 13.1. The second-order valence-electron chi connectivity index (χ2n) is 26.9. The zero-order valence-electron chi connectivity index (χ0n) is 60.4. The van der Waals surface area contributed by atoms with Gasteiger partial charge in [0, 0.05) is 25.7 Å². The van der Waals surface area contributed by atoms with Gasteiger partial charge in [-0.1, -0.05) is 336 Å². The predicted molar refractivity (Wildman–Crippen MR) is 377 cm³/mol. The van der Waals surface area contributed by atoms with Crippen LogP contribution in [0.15, 0.2) is 0 Å². The van der Waals surface area contributed by atoms with Gasteiger partial charge in [0.05, 0.1) is 26.4 Å². The van der Waals surface area contributed by atoms with Crippen LogP contribution < -0.4 is 0 Å². The molecule has 552 valence electrons. The summed E-state index contributed by atoms with van der Waals surface area (Å²) >= 11 is 0. The van der Waals surface area contributed by atoms with E-state index in [0.717, 1.165) is 102 Å². The summed E-state index contributed by atoms with van der Waals surface area (Å²) in [6, 6.07) is 0. The van der Waals surface area contributed by atoms with Crippen molar-refractivity contribution >= 4 is 39.5 Å². The van der Waals surface area contributed by atoms with Gasteiger partial charge in [0.1, 0.15) is 19.3 Å². The molecule has 93 heavy (non-hydrogen) atoms. The minimum absolute atomic E-state index is 0.105. The van der Waals surface area contributed by atoms with E-state index in [4.69, 9.17) is 37.0 Å². The van der Waals surface area contributed by atoms with Crippen LogP contribution in [-0.4, -0.2) is 96.7 Å². The Morgan fingerprint density at radius 1 is 0.301 bits per heavy atom. The number of ether oxygens (including phenoxy) is 4. The molecule has 0 amide bonds. The third kappa shape index (κ3) is 67.0. The van der Waals surface area contributed by atoms with Gasteiger partial charge >= 0.3 is 39.5 Å². The molecule has 0 bridgehead atoms. The largest absolute Gasteiger partial charge is 0.472 e. The van der Waals surface area contributed by atoms with Gasteiger partial charge in [0.2, 0.25) is 0 Å². The summed E-state index contributed by atoms with van der Waals surface area (Å²) in [6.07, 6.45) is 55.5. The van der Waals surface area contributed by atoms with Gasteiger partial charge in [0.15, 0.2) is 12.2 Å². The number of hydrogen-bond acceptors (Lipinski definition) is 15. The number of unbranched alkanes of at least 4 members (excludes halogenated alkanes) is 45. The number of esters is 4. The van der Waals surface area contributed by atoms with Crippen LogP contribution in [0, 0.1) is 5.92 Å². The van der Waals surface area contributed by atoms with Gasteiger partial charge in [-0.2, -0.15) is 0 Å². The molecule has 3 unspecified atom stereocenters. The maximum Gasteiger partial charge on any atom is 0.472 e. The molecule has 0 aliphatic heterocycles. The Hall–Kier alpha value is -1.94. The number of aliphatic hydroxyl groups is 1. The van der Waals surface area contributed by atoms with E-state index in [1.54, 1.807) is 0 Å². The monoisotopic (exact) mass is 1370 g/mol. The van der Waals surface area contributed by atoms with Crippen molar-refractivity contribution in [2.45, 2.75) is 406 Å². The molecule has 3 N–H and O–H groups in total. The molecule has 19 heteroatoms. The van der Waals surface area contributed by atoms with Crippen molar-refractivity contribution in [1.29, 1.82) is 0 Å². The normalized spacial score (nSPS) is 14.3. The molecule has 0 radical (unpaired) electrons. The van der Waals surface area contributed by atoms with Crippen LogP contribution >= 0.6 is 15.6 Å². The first-order chi connectivity index (χ1) is 45.1. The first-order valence-corrected chi connectivity index (χ1v) is 41.7. The zero-order chi connectivity index (χ0) is 68.4. The van der Waals surface area contributed by atoms with E-state index >= 15 is 0 Å². The average molecular weight is 1370 g/mol. The van der Waals surface area contributed by atoms with E-state index in [2.05, 4.69) is 34.6 Å². The first kappa shape index (κ1) is 91.1. The SMILES string of the molecule is CCCCCCCCCCCCCCCCCCCCCC(=O)O[C@H](COC(=O)CCCCCCCCCCCCCCCC)COP(=O)(O)OC[C@@H](O)COP(=O)(O)OC[C@@H](COC(=O)CCCCCCCCCC)OC(=O)CCCCCCCCCCC(C)CC. The first-order valence-electron chi connectivity index (χ1n) is 38.7. The van der Waals surface area contributed by atoms with Crippen LogP contribution in [0.4, 0.5) is 0 Å². The molecule has 6 atom stereocenters. The predicted octanol–water partition coefficient (Wildman–Crippen LogP) is 21.7. The van der Waals surface area contributed by atoms with Gasteiger partial charge in [-0.25, -0.2) is 9.13 Å². The number of aliphatic hydroxyl groups excluding tert-OH is 1. The van der Waals surface area contributed by atoms with Crippen molar-refractivity contribution in [3.8, 4) is 0 Å². The number of rotatable bonds is 74. The summed E-state index contributed by atoms with van der Waals surface area (Å²) in [4.78, 5) is 72.6. The second kappa shape index (κ2) is 67.3. The van der Waals surface area contributed by atoms with Crippen LogP contribution in [-0.2, 0) is 65.4 Å². The molecular formula is C74H144O17P2. The van der Waals surface area contributed by atoms with Crippen LogP contribution in [0.2, 0.25) is 0 Å². The number of phosphoric acid groups is 2. The van der Waals surface area contributed by atoms with E-state index < -0.39 is 97.5 Å². The van der Waals surface area contributed by atoms with E-state index in [1.165, 1.54) is 205 Å². The molecule has 0 spiro atoms. The topological polar surface area (TPSA) is 237 Å². The molecule has 0 aromatic carbocycles. The lowest BCUT2D eigenvalue weighted by molar-refractivity contribution is -0.161. The number of hydrogen-bond donors (Lipinski definition) is 3. The maximum absolute atomic E-state index is 13.1. The summed E-state index contributed by atoms with van der Waals surface area (Å²) in [7, 11) is -9.90.